The molecule has 0 bridgehead atoms. The second kappa shape index (κ2) is 4.54. The van der Waals surface area contributed by atoms with Crippen LogP contribution in [0.15, 0.2) is 36.4 Å². The monoisotopic (exact) mass is 270 g/mol. The Morgan fingerprint density at radius 3 is 1.40 bits per heavy atom. The molecule has 0 unspecified atom stereocenters. The lowest BCUT2D eigenvalue weighted by molar-refractivity contribution is 0.925. The molecule has 8 nitrogen and oxygen atoms in total. The molecule has 0 fully saturated rings. The van der Waals surface area contributed by atoms with Gasteiger partial charge in [0.05, 0.1) is 33.4 Å². The van der Waals surface area contributed by atoms with Crippen molar-refractivity contribution in [2.24, 2.45) is 23.4 Å². The van der Waals surface area contributed by atoms with E-state index < -0.39 is 0 Å². The summed E-state index contributed by atoms with van der Waals surface area (Å²) >= 11 is 0. The number of aromatic nitrogens is 2. The van der Waals surface area contributed by atoms with E-state index in [0.717, 1.165) is 21.3 Å². The van der Waals surface area contributed by atoms with E-state index in [0.29, 0.717) is 22.4 Å². The van der Waals surface area contributed by atoms with Crippen molar-refractivity contribution in [1.82, 2.24) is 9.97 Å². The normalized spacial score (nSPS) is 11.0. The Morgan fingerprint density at radius 2 is 1.00 bits per heavy atom. The number of nitrogens with zero attached hydrogens (tertiary/aromatic N) is 4. The summed E-state index contributed by atoms with van der Waals surface area (Å²) in [7, 11) is 0. The summed E-state index contributed by atoms with van der Waals surface area (Å²) in [5.41, 5.74) is 4.17. The maximum Gasteiger partial charge on any atom is 0.0916 e. The Labute approximate surface area is 114 Å². The van der Waals surface area contributed by atoms with Gasteiger partial charge in [-0.25, -0.2) is 43.6 Å². The minimum Gasteiger partial charge on any atom is -0.247 e. The number of fused-ring (bicyclic) bond motifs is 2. The first kappa shape index (κ1) is 12.5. The summed E-state index contributed by atoms with van der Waals surface area (Å²) in [6.45, 7) is 0. The van der Waals surface area contributed by atoms with Gasteiger partial charge < -0.3 is 0 Å². The van der Waals surface area contributed by atoms with Crippen LogP contribution in [0, 0.1) is 0 Å². The molecule has 0 radical (unpaired) electrons. The number of anilines is 2. The molecule has 2 aromatic carbocycles. The summed E-state index contributed by atoms with van der Waals surface area (Å²) in [5, 5.41) is 2.06. The Kier molecular flexibility index (Phi) is 2.84. The minimum atomic E-state index is 0.640. The molecule has 3 rings (SSSR count). The van der Waals surface area contributed by atoms with Crippen molar-refractivity contribution in [2.75, 3.05) is 10.2 Å². The lowest BCUT2D eigenvalue weighted by atomic mass is 10.2. The fourth-order valence-electron chi connectivity index (χ4n) is 1.97. The van der Waals surface area contributed by atoms with E-state index >= 15 is 0 Å². The highest BCUT2D eigenvalue weighted by Crippen LogP contribution is 2.22. The largest absolute Gasteiger partial charge is 0.247 e. The van der Waals surface area contributed by atoms with E-state index in [2.05, 4.69) is 9.97 Å². The van der Waals surface area contributed by atoms with Crippen LogP contribution in [-0.4, -0.2) is 9.97 Å². The number of rotatable bonds is 2. The Bertz CT molecular complexity index is 720. The van der Waals surface area contributed by atoms with E-state index in [-0.39, 0.29) is 0 Å². The summed E-state index contributed by atoms with van der Waals surface area (Å²) in [6.07, 6.45) is 0. The molecule has 0 aliphatic rings. The van der Waals surface area contributed by atoms with Gasteiger partial charge in [-0.2, -0.15) is 0 Å². The summed E-state index contributed by atoms with van der Waals surface area (Å²) in [4.78, 5) is 9.04. The number of hydrogen-bond acceptors (Lipinski definition) is 8. The first-order valence-electron chi connectivity index (χ1n) is 5.85. The van der Waals surface area contributed by atoms with Crippen molar-refractivity contribution in [3.63, 3.8) is 0 Å². The van der Waals surface area contributed by atoms with Crippen molar-refractivity contribution >= 4 is 33.4 Å². The van der Waals surface area contributed by atoms with Crippen molar-refractivity contribution in [3.8, 4) is 0 Å². The number of nitrogens with two attached hydrogens (primary N) is 4. The molecule has 8 heteroatoms. The van der Waals surface area contributed by atoms with E-state index in [1.165, 1.54) is 0 Å². The highest BCUT2D eigenvalue weighted by molar-refractivity contribution is 5.89. The number of hydrogen-bond donors (Lipinski definition) is 4. The van der Waals surface area contributed by atoms with Crippen LogP contribution in [0.25, 0.3) is 22.1 Å². The molecule has 102 valence electrons. The SMILES string of the molecule is NN(N)c1ccc2nc3ccc(N(N)N)cc3nc2c1. The predicted molar refractivity (Wildman–Crippen MR) is 78.8 cm³/mol. The number of hydrazine groups is 4. The molecule has 0 amide bonds. The average Bonchev–Trinajstić information content (AvgIpc) is 2.43. The van der Waals surface area contributed by atoms with E-state index in [1.54, 1.807) is 24.3 Å². The quantitative estimate of drug-likeness (QED) is 0.287. The standard InChI is InChI=1S/C12H14N8/c13-19(14)7-1-3-9-11(5-7)18-12-6-8(20(15)16)2-4-10(12)17-9/h1-6H,13-16H2. The average molecular weight is 270 g/mol. The molecule has 1 heterocycles. The fourth-order valence-corrected chi connectivity index (χ4v) is 1.97. The molecule has 8 N–H and O–H groups in total. The van der Waals surface area contributed by atoms with E-state index in [4.69, 9.17) is 23.4 Å². The Morgan fingerprint density at radius 1 is 0.600 bits per heavy atom. The smallest absolute Gasteiger partial charge is 0.0916 e. The van der Waals surface area contributed by atoms with Gasteiger partial charge in [0.25, 0.3) is 0 Å². The second-order valence-corrected chi connectivity index (χ2v) is 4.38. The molecule has 3 aromatic rings. The zero-order chi connectivity index (χ0) is 14.3. The van der Waals surface area contributed by atoms with Gasteiger partial charge in [-0.3, -0.25) is 0 Å². The summed E-state index contributed by atoms with van der Waals surface area (Å²) < 4.78 is 0. The molecule has 20 heavy (non-hydrogen) atoms. The first-order valence-corrected chi connectivity index (χ1v) is 5.85. The van der Waals surface area contributed by atoms with E-state index in [1.807, 2.05) is 12.1 Å². The third-order valence-corrected chi connectivity index (χ3v) is 3.00. The van der Waals surface area contributed by atoms with Gasteiger partial charge in [-0.15, -0.1) is 0 Å². The van der Waals surface area contributed by atoms with Crippen molar-refractivity contribution < 1.29 is 0 Å². The molecule has 1 aromatic heterocycles. The van der Waals surface area contributed by atoms with Gasteiger partial charge in [0, 0.05) is 0 Å². The fraction of sp³-hybridized carbons (Fsp3) is 0. The van der Waals surface area contributed by atoms with Crippen LogP contribution in [0.2, 0.25) is 0 Å². The molecule has 0 spiro atoms. The van der Waals surface area contributed by atoms with Gasteiger partial charge in [-0.1, -0.05) is 0 Å². The van der Waals surface area contributed by atoms with Gasteiger partial charge in [-0.05, 0) is 36.4 Å². The van der Waals surface area contributed by atoms with Gasteiger partial charge >= 0.3 is 0 Å². The Hall–Kier alpha value is -2.52. The minimum absolute atomic E-state index is 0.640. The van der Waals surface area contributed by atoms with Crippen molar-refractivity contribution in [3.05, 3.63) is 36.4 Å². The van der Waals surface area contributed by atoms with Gasteiger partial charge in [0.1, 0.15) is 0 Å². The maximum absolute atomic E-state index is 5.50. The lowest BCUT2D eigenvalue weighted by Gasteiger charge is -2.13. The van der Waals surface area contributed by atoms with Crippen LogP contribution in [0.3, 0.4) is 0 Å². The lowest BCUT2D eigenvalue weighted by Crippen LogP contribution is -2.37. The predicted octanol–water partition coefficient (Wildman–Crippen LogP) is -0.109. The molecular formula is C12H14N8. The molecular weight excluding hydrogens is 256 g/mol. The zero-order valence-corrected chi connectivity index (χ0v) is 10.6. The Balaban J connectivity index is 2.24. The van der Waals surface area contributed by atoms with Crippen molar-refractivity contribution in [2.45, 2.75) is 0 Å². The number of benzene rings is 2. The molecule has 0 saturated heterocycles. The van der Waals surface area contributed by atoms with E-state index in [9.17, 15) is 0 Å². The summed E-state index contributed by atoms with van der Waals surface area (Å²) in [6, 6.07) is 10.7. The van der Waals surface area contributed by atoms with Crippen molar-refractivity contribution in [1.29, 1.82) is 0 Å². The van der Waals surface area contributed by atoms with Crippen LogP contribution >= 0.6 is 0 Å². The topological polar surface area (TPSA) is 136 Å². The molecule has 0 saturated carbocycles. The van der Waals surface area contributed by atoms with Crippen LogP contribution in [0.5, 0.6) is 0 Å². The van der Waals surface area contributed by atoms with Gasteiger partial charge in [0.15, 0.2) is 0 Å². The maximum atomic E-state index is 5.50. The molecule has 0 aliphatic heterocycles. The first-order chi connectivity index (χ1) is 9.54. The molecule has 0 atom stereocenters. The second-order valence-electron chi connectivity index (χ2n) is 4.38. The third kappa shape index (κ3) is 2.08. The third-order valence-electron chi connectivity index (χ3n) is 3.00. The zero-order valence-electron chi connectivity index (χ0n) is 10.6. The van der Waals surface area contributed by atoms with Crippen LogP contribution in [-0.2, 0) is 0 Å². The molecule has 0 aliphatic carbocycles. The van der Waals surface area contributed by atoms with Crippen LogP contribution < -0.4 is 33.6 Å². The van der Waals surface area contributed by atoms with Crippen LogP contribution in [0.4, 0.5) is 11.4 Å². The van der Waals surface area contributed by atoms with Gasteiger partial charge in [0.2, 0.25) is 0 Å². The summed E-state index contributed by atoms with van der Waals surface area (Å²) in [5.74, 6) is 22.0. The highest BCUT2D eigenvalue weighted by Gasteiger charge is 2.06. The highest BCUT2D eigenvalue weighted by atomic mass is 15.6. The van der Waals surface area contributed by atoms with Crippen LogP contribution in [0.1, 0.15) is 0 Å².